The van der Waals surface area contributed by atoms with Crippen molar-refractivity contribution in [2.24, 2.45) is 0 Å². The van der Waals surface area contributed by atoms with Gasteiger partial charge in [0.1, 0.15) is 5.82 Å². The van der Waals surface area contributed by atoms with E-state index in [1.54, 1.807) is 18.3 Å². The van der Waals surface area contributed by atoms with E-state index in [9.17, 15) is 4.39 Å². The van der Waals surface area contributed by atoms with Crippen molar-refractivity contribution in [2.75, 3.05) is 0 Å². The second-order valence-electron chi connectivity index (χ2n) is 4.87. The van der Waals surface area contributed by atoms with Gasteiger partial charge in [0, 0.05) is 24.2 Å². The van der Waals surface area contributed by atoms with E-state index in [0.717, 1.165) is 23.4 Å². The van der Waals surface area contributed by atoms with Crippen LogP contribution in [0.4, 0.5) is 4.39 Å². The third kappa shape index (κ3) is 3.35. The lowest BCUT2D eigenvalue weighted by atomic mass is 10.1. The number of benzene rings is 2. The highest BCUT2D eigenvalue weighted by molar-refractivity contribution is 5.62. The molecule has 0 aliphatic carbocycles. The molecule has 4 heteroatoms. The van der Waals surface area contributed by atoms with Gasteiger partial charge in [0.2, 0.25) is 0 Å². The van der Waals surface area contributed by atoms with Gasteiger partial charge in [0.05, 0.1) is 11.9 Å². The summed E-state index contributed by atoms with van der Waals surface area (Å²) in [6.07, 6.45) is 1.80. The number of nitrogens with zero attached hydrogens (tertiary/aromatic N) is 1. The molecule has 3 aromatic rings. The van der Waals surface area contributed by atoms with Gasteiger partial charge in [0.25, 0.3) is 0 Å². The van der Waals surface area contributed by atoms with Crippen LogP contribution in [0.2, 0.25) is 0 Å². The van der Waals surface area contributed by atoms with Crippen molar-refractivity contribution in [2.45, 2.75) is 13.1 Å². The predicted molar refractivity (Wildman–Crippen MR) is 81.0 cm³/mol. The minimum absolute atomic E-state index is 0.234. The lowest BCUT2D eigenvalue weighted by Crippen LogP contribution is -2.12. The average Bonchev–Trinajstić information content (AvgIpc) is 2.98. The molecule has 0 aliphatic heterocycles. The first kappa shape index (κ1) is 13.5. The maximum Gasteiger partial charge on any atom is 0.123 e. The minimum atomic E-state index is -0.234. The molecule has 21 heavy (non-hydrogen) atoms. The highest BCUT2D eigenvalue weighted by Crippen LogP contribution is 2.21. The van der Waals surface area contributed by atoms with E-state index in [1.807, 2.05) is 18.2 Å². The fraction of sp³-hybridized carbons (Fsp3) is 0.118. The zero-order valence-corrected chi connectivity index (χ0v) is 11.5. The molecule has 0 bridgehead atoms. The van der Waals surface area contributed by atoms with Crippen LogP contribution in [-0.4, -0.2) is 10.2 Å². The van der Waals surface area contributed by atoms with Crippen LogP contribution in [0.1, 0.15) is 11.1 Å². The van der Waals surface area contributed by atoms with Gasteiger partial charge in [0.15, 0.2) is 0 Å². The molecule has 1 heterocycles. The summed E-state index contributed by atoms with van der Waals surface area (Å²) in [4.78, 5) is 0. The smallest absolute Gasteiger partial charge is 0.123 e. The summed E-state index contributed by atoms with van der Waals surface area (Å²) in [6.45, 7) is 1.51. The van der Waals surface area contributed by atoms with Crippen LogP contribution in [0.15, 0.2) is 60.8 Å². The first-order valence-corrected chi connectivity index (χ1v) is 6.86. The molecule has 0 spiro atoms. The topological polar surface area (TPSA) is 40.7 Å². The van der Waals surface area contributed by atoms with Gasteiger partial charge >= 0.3 is 0 Å². The summed E-state index contributed by atoms with van der Waals surface area (Å²) < 4.78 is 13.0. The van der Waals surface area contributed by atoms with Gasteiger partial charge in [-0.15, -0.1) is 0 Å². The number of hydrogen-bond acceptors (Lipinski definition) is 2. The summed E-state index contributed by atoms with van der Waals surface area (Å²) in [5.41, 5.74) is 4.17. The zero-order valence-electron chi connectivity index (χ0n) is 11.5. The SMILES string of the molecule is Fc1ccc(-c2[nH]ncc2CNCc2ccccc2)cc1. The number of rotatable bonds is 5. The summed E-state index contributed by atoms with van der Waals surface area (Å²) in [6, 6.07) is 16.7. The Kier molecular flexibility index (Phi) is 4.07. The molecule has 3 nitrogen and oxygen atoms in total. The predicted octanol–water partition coefficient (Wildman–Crippen LogP) is 3.51. The maximum atomic E-state index is 13.0. The molecular weight excluding hydrogens is 265 g/mol. The first-order valence-electron chi connectivity index (χ1n) is 6.86. The van der Waals surface area contributed by atoms with Crippen molar-refractivity contribution in [1.29, 1.82) is 0 Å². The van der Waals surface area contributed by atoms with Crippen molar-refractivity contribution in [3.05, 3.63) is 77.7 Å². The largest absolute Gasteiger partial charge is 0.308 e. The Balaban J connectivity index is 1.67. The Morgan fingerprint density at radius 1 is 0.952 bits per heavy atom. The molecule has 2 aromatic carbocycles. The van der Waals surface area contributed by atoms with Gasteiger partial charge in [-0.1, -0.05) is 30.3 Å². The van der Waals surface area contributed by atoms with Crippen molar-refractivity contribution in [1.82, 2.24) is 15.5 Å². The molecule has 0 saturated carbocycles. The molecular formula is C17H16FN3. The van der Waals surface area contributed by atoms with E-state index in [1.165, 1.54) is 17.7 Å². The second kappa shape index (κ2) is 6.33. The Morgan fingerprint density at radius 3 is 2.48 bits per heavy atom. The zero-order chi connectivity index (χ0) is 14.5. The maximum absolute atomic E-state index is 13.0. The van der Waals surface area contributed by atoms with E-state index < -0.39 is 0 Å². The molecule has 0 amide bonds. The molecule has 0 unspecified atom stereocenters. The highest BCUT2D eigenvalue weighted by atomic mass is 19.1. The molecule has 2 N–H and O–H groups in total. The molecule has 0 aliphatic rings. The average molecular weight is 281 g/mol. The van der Waals surface area contributed by atoms with Crippen LogP contribution >= 0.6 is 0 Å². The number of H-pyrrole nitrogens is 1. The van der Waals surface area contributed by atoms with Gasteiger partial charge in [-0.2, -0.15) is 5.10 Å². The van der Waals surface area contributed by atoms with Gasteiger partial charge < -0.3 is 5.32 Å². The molecule has 3 rings (SSSR count). The summed E-state index contributed by atoms with van der Waals surface area (Å²) in [5.74, 6) is -0.234. The highest BCUT2D eigenvalue weighted by Gasteiger charge is 2.07. The van der Waals surface area contributed by atoms with E-state index in [2.05, 4.69) is 27.6 Å². The molecule has 0 radical (unpaired) electrons. The number of halogens is 1. The van der Waals surface area contributed by atoms with E-state index >= 15 is 0 Å². The fourth-order valence-corrected chi connectivity index (χ4v) is 2.25. The van der Waals surface area contributed by atoms with Crippen LogP contribution in [0.3, 0.4) is 0 Å². The summed E-state index contributed by atoms with van der Waals surface area (Å²) in [7, 11) is 0. The third-order valence-electron chi connectivity index (χ3n) is 3.34. The molecule has 106 valence electrons. The standard InChI is InChI=1S/C17H16FN3/c18-16-8-6-14(7-9-16)17-15(12-20-21-17)11-19-10-13-4-2-1-3-5-13/h1-9,12,19H,10-11H2,(H,20,21). The third-order valence-corrected chi connectivity index (χ3v) is 3.34. The van der Waals surface area contributed by atoms with E-state index in [4.69, 9.17) is 0 Å². The van der Waals surface area contributed by atoms with Crippen LogP contribution in [0.5, 0.6) is 0 Å². The van der Waals surface area contributed by atoms with Crippen molar-refractivity contribution in [3.8, 4) is 11.3 Å². The van der Waals surface area contributed by atoms with Gasteiger partial charge in [-0.3, -0.25) is 5.10 Å². The van der Waals surface area contributed by atoms with Gasteiger partial charge in [-0.25, -0.2) is 4.39 Å². The lowest BCUT2D eigenvalue weighted by molar-refractivity contribution is 0.628. The minimum Gasteiger partial charge on any atom is -0.308 e. The van der Waals surface area contributed by atoms with Crippen molar-refractivity contribution < 1.29 is 4.39 Å². The van der Waals surface area contributed by atoms with E-state index in [0.29, 0.717) is 6.54 Å². The Hall–Kier alpha value is -2.46. The molecule has 0 saturated heterocycles. The Labute approximate surface area is 122 Å². The number of aromatic amines is 1. The Morgan fingerprint density at radius 2 is 1.71 bits per heavy atom. The molecule has 0 fully saturated rings. The number of aromatic nitrogens is 2. The number of nitrogens with one attached hydrogen (secondary N) is 2. The van der Waals surface area contributed by atoms with E-state index in [-0.39, 0.29) is 5.82 Å². The molecule has 1 aromatic heterocycles. The monoisotopic (exact) mass is 281 g/mol. The van der Waals surface area contributed by atoms with Crippen LogP contribution in [0.25, 0.3) is 11.3 Å². The van der Waals surface area contributed by atoms with Crippen LogP contribution in [-0.2, 0) is 13.1 Å². The van der Waals surface area contributed by atoms with Crippen molar-refractivity contribution in [3.63, 3.8) is 0 Å². The summed E-state index contributed by atoms with van der Waals surface area (Å²) >= 11 is 0. The quantitative estimate of drug-likeness (QED) is 0.751. The lowest BCUT2D eigenvalue weighted by Gasteiger charge is -2.06. The van der Waals surface area contributed by atoms with Gasteiger partial charge in [-0.05, 0) is 29.8 Å². The number of hydrogen-bond donors (Lipinski definition) is 2. The molecule has 0 atom stereocenters. The fourth-order valence-electron chi connectivity index (χ4n) is 2.25. The van der Waals surface area contributed by atoms with Crippen LogP contribution in [0, 0.1) is 5.82 Å². The van der Waals surface area contributed by atoms with Crippen LogP contribution < -0.4 is 5.32 Å². The summed E-state index contributed by atoms with van der Waals surface area (Å²) in [5, 5.41) is 10.5. The van der Waals surface area contributed by atoms with Crippen molar-refractivity contribution >= 4 is 0 Å². The second-order valence-corrected chi connectivity index (χ2v) is 4.87. The normalized spacial score (nSPS) is 10.7. The first-order chi connectivity index (χ1) is 10.3. The Bertz CT molecular complexity index is 690.